The zero-order chi connectivity index (χ0) is 13.5. The molecule has 0 fully saturated rings. The van der Waals surface area contributed by atoms with Gasteiger partial charge in [0, 0.05) is 12.7 Å². The van der Waals surface area contributed by atoms with Gasteiger partial charge in [-0.15, -0.1) is 6.42 Å². The van der Waals surface area contributed by atoms with Crippen LogP contribution in [0.25, 0.3) is 0 Å². The summed E-state index contributed by atoms with van der Waals surface area (Å²) in [6, 6.07) is 8.78. The lowest BCUT2D eigenvalue weighted by atomic mass is 10.2. The Morgan fingerprint density at radius 3 is 2.61 bits per heavy atom. The van der Waals surface area contributed by atoms with Gasteiger partial charge < -0.3 is 10.2 Å². The maximum atomic E-state index is 11.7. The third-order valence-corrected chi connectivity index (χ3v) is 2.73. The van der Waals surface area contributed by atoms with Crippen LogP contribution in [0.4, 0.5) is 5.69 Å². The number of terminal acetylenes is 1. The van der Waals surface area contributed by atoms with Crippen molar-refractivity contribution in [3.05, 3.63) is 29.8 Å². The Labute approximate surface area is 107 Å². The van der Waals surface area contributed by atoms with Crippen LogP contribution >= 0.6 is 0 Å². The average molecular weight is 241 g/mol. The van der Waals surface area contributed by atoms with E-state index in [2.05, 4.69) is 17.3 Å². The predicted molar refractivity (Wildman–Crippen MR) is 70.9 cm³/mol. The lowest BCUT2D eigenvalue weighted by Gasteiger charge is -2.25. The zero-order valence-electron chi connectivity index (χ0n) is 10.5. The Kier molecular flexibility index (Phi) is 4.78. The Morgan fingerprint density at radius 1 is 1.50 bits per heavy atom. The van der Waals surface area contributed by atoms with Crippen LogP contribution < -0.4 is 10.2 Å². The first-order valence-electron chi connectivity index (χ1n) is 5.54. The van der Waals surface area contributed by atoms with E-state index in [0.29, 0.717) is 5.56 Å². The van der Waals surface area contributed by atoms with E-state index < -0.39 is 0 Å². The molecule has 0 radical (unpaired) electrons. The second-order valence-corrected chi connectivity index (χ2v) is 3.87. The van der Waals surface area contributed by atoms with E-state index in [-0.39, 0.29) is 18.5 Å². The summed E-state index contributed by atoms with van der Waals surface area (Å²) in [6.07, 6.45) is 5.09. The smallest absolute Gasteiger partial charge is 0.243 e. The second kappa shape index (κ2) is 6.32. The van der Waals surface area contributed by atoms with Gasteiger partial charge >= 0.3 is 0 Å². The summed E-state index contributed by atoms with van der Waals surface area (Å²) in [5.74, 6) is 2.24. The molecule has 92 valence electrons. The van der Waals surface area contributed by atoms with Crippen molar-refractivity contribution in [2.75, 3.05) is 18.5 Å². The number of likely N-dealkylation sites (N-methyl/N-ethyl adjacent to an activating group) is 1. The fourth-order valence-corrected chi connectivity index (χ4v) is 1.46. The molecule has 18 heavy (non-hydrogen) atoms. The minimum atomic E-state index is -0.328. The number of benzene rings is 1. The molecule has 1 amide bonds. The molecule has 0 heterocycles. The summed E-state index contributed by atoms with van der Waals surface area (Å²) in [7, 11) is 1.82. The molecule has 0 aliphatic carbocycles. The first-order valence-corrected chi connectivity index (χ1v) is 5.54. The van der Waals surface area contributed by atoms with Crippen LogP contribution in [0, 0.1) is 23.7 Å². The van der Waals surface area contributed by atoms with E-state index in [4.69, 9.17) is 11.7 Å². The fraction of sp³-hybridized carbons (Fsp3) is 0.286. The van der Waals surface area contributed by atoms with Crippen LogP contribution in [0.15, 0.2) is 24.3 Å². The Bertz CT molecular complexity index is 493. The topological polar surface area (TPSA) is 56.1 Å². The van der Waals surface area contributed by atoms with Crippen molar-refractivity contribution in [2.24, 2.45) is 0 Å². The maximum absolute atomic E-state index is 11.7. The predicted octanol–water partition coefficient (Wildman–Crippen LogP) is 1.13. The van der Waals surface area contributed by atoms with E-state index in [1.165, 1.54) is 0 Å². The molecule has 0 saturated carbocycles. The van der Waals surface area contributed by atoms with Crippen LogP contribution in [0.5, 0.6) is 0 Å². The molecule has 0 aromatic heterocycles. The zero-order valence-corrected chi connectivity index (χ0v) is 10.5. The van der Waals surface area contributed by atoms with Crippen molar-refractivity contribution in [2.45, 2.75) is 13.0 Å². The first-order chi connectivity index (χ1) is 8.60. The SMILES string of the molecule is C#CCNC(=O)C(C)N(C)c1ccc(C#N)cc1. The number of rotatable bonds is 4. The summed E-state index contributed by atoms with van der Waals surface area (Å²) in [6.45, 7) is 2.02. The van der Waals surface area contributed by atoms with Gasteiger partial charge in [0.05, 0.1) is 18.2 Å². The highest BCUT2D eigenvalue weighted by Crippen LogP contribution is 2.15. The van der Waals surface area contributed by atoms with Crippen molar-refractivity contribution in [1.29, 1.82) is 5.26 Å². The number of nitrogens with zero attached hydrogens (tertiary/aromatic N) is 2. The molecule has 4 nitrogen and oxygen atoms in total. The third kappa shape index (κ3) is 3.26. The van der Waals surface area contributed by atoms with Crippen molar-refractivity contribution in [3.8, 4) is 18.4 Å². The van der Waals surface area contributed by atoms with Crippen LogP contribution in [-0.2, 0) is 4.79 Å². The molecule has 1 N–H and O–H groups in total. The molecule has 0 spiro atoms. The highest BCUT2D eigenvalue weighted by Gasteiger charge is 2.17. The summed E-state index contributed by atoms with van der Waals surface area (Å²) >= 11 is 0. The van der Waals surface area contributed by atoms with Gasteiger partial charge in [0.1, 0.15) is 6.04 Å². The van der Waals surface area contributed by atoms with Gasteiger partial charge in [-0.3, -0.25) is 4.79 Å². The molecule has 1 aromatic rings. The molecular formula is C14H15N3O. The van der Waals surface area contributed by atoms with E-state index in [1.54, 1.807) is 19.1 Å². The fourth-order valence-electron chi connectivity index (χ4n) is 1.46. The number of nitrogens with one attached hydrogen (secondary N) is 1. The molecular weight excluding hydrogens is 226 g/mol. The molecule has 1 aromatic carbocycles. The second-order valence-electron chi connectivity index (χ2n) is 3.87. The maximum Gasteiger partial charge on any atom is 0.243 e. The van der Waals surface area contributed by atoms with Gasteiger partial charge in [-0.1, -0.05) is 5.92 Å². The van der Waals surface area contributed by atoms with E-state index >= 15 is 0 Å². The van der Waals surface area contributed by atoms with Gasteiger partial charge in [-0.25, -0.2) is 0 Å². The Balaban J connectivity index is 2.74. The van der Waals surface area contributed by atoms with Crippen molar-refractivity contribution < 1.29 is 4.79 Å². The Hall–Kier alpha value is -2.46. The molecule has 0 aliphatic rings. The summed E-state index contributed by atoms with van der Waals surface area (Å²) in [5.41, 5.74) is 1.47. The van der Waals surface area contributed by atoms with Crippen molar-refractivity contribution >= 4 is 11.6 Å². The largest absolute Gasteiger partial charge is 0.363 e. The lowest BCUT2D eigenvalue weighted by molar-refractivity contribution is -0.121. The van der Waals surface area contributed by atoms with Gasteiger partial charge in [0.2, 0.25) is 5.91 Å². The minimum absolute atomic E-state index is 0.125. The van der Waals surface area contributed by atoms with Crippen molar-refractivity contribution in [3.63, 3.8) is 0 Å². The average Bonchev–Trinajstić information content (AvgIpc) is 2.43. The van der Waals surface area contributed by atoms with E-state index in [1.807, 2.05) is 24.1 Å². The van der Waals surface area contributed by atoms with Crippen molar-refractivity contribution in [1.82, 2.24) is 5.32 Å². The van der Waals surface area contributed by atoms with Gasteiger partial charge in [0.15, 0.2) is 0 Å². The third-order valence-electron chi connectivity index (χ3n) is 2.73. The highest BCUT2D eigenvalue weighted by molar-refractivity contribution is 5.84. The van der Waals surface area contributed by atoms with E-state index in [0.717, 1.165) is 5.69 Å². The summed E-state index contributed by atoms with van der Waals surface area (Å²) < 4.78 is 0. The van der Waals surface area contributed by atoms with Gasteiger partial charge in [-0.05, 0) is 31.2 Å². The molecule has 0 bridgehead atoms. The number of hydrogen-bond acceptors (Lipinski definition) is 3. The normalized spacial score (nSPS) is 10.9. The number of amides is 1. The summed E-state index contributed by atoms with van der Waals surface area (Å²) in [4.78, 5) is 13.6. The summed E-state index contributed by atoms with van der Waals surface area (Å²) in [5, 5.41) is 11.4. The molecule has 1 unspecified atom stereocenters. The number of carbonyl (C=O) groups excluding carboxylic acids is 1. The van der Waals surface area contributed by atoms with Crippen LogP contribution in [0.3, 0.4) is 0 Å². The lowest BCUT2D eigenvalue weighted by Crippen LogP contribution is -2.43. The molecule has 4 heteroatoms. The highest BCUT2D eigenvalue weighted by atomic mass is 16.2. The number of anilines is 1. The number of hydrogen-bond donors (Lipinski definition) is 1. The molecule has 0 aliphatic heterocycles. The van der Waals surface area contributed by atoms with Crippen LogP contribution in [-0.4, -0.2) is 25.5 Å². The molecule has 1 atom stereocenters. The first kappa shape index (κ1) is 13.6. The number of carbonyl (C=O) groups is 1. The molecule has 1 rings (SSSR count). The van der Waals surface area contributed by atoms with Gasteiger partial charge in [-0.2, -0.15) is 5.26 Å². The Morgan fingerprint density at radius 2 is 2.11 bits per heavy atom. The molecule has 0 saturated heterocycles. The van der Waals surface area contributed by atoms with E-state index in [9.17, 15) is 4.79 Å². The van der Waals surface area contributed by atoms with Gasteiger partial charge in [0.25, 0.3) is 0 Å². The number of nitriles is 1. The minimum Gasteiger partial charge on any atom is -0.363 e. The van der Waals surface area contributed by atoms with Crippen LogP contribution in [0.1, 0.15) is 12.5 Å². The monoisotopic (exact) mass is 241 g/mol. The standard InChI is InChI=1S/C14H15N3O/c1-4-9-16-14(18)11(2)17(3)13-7-5-12(10-15)6-8-13/h1,5-8,11H,9H2,2-3H3,(H,16,18). The quantitative estimate of drug-likeness (QED) is 0.804. The van der Waals surface area contributed by atoms with Crippen LogP contribution in [0.2, 0.25) is 0 Å².